The maximum atomic E-state index is 11.7. The zero-order valence-corrected chi connectivity index (χ0v) is 6.66. The van der Waals surface area contributed by atoms with Crippen LogP contribution in [0.25, 0.3) is 0 Å². The molecule has 12 heavy (non-hydrogen) atoms. The minimum absolute atomic E-state index is 0.00245. The van der Waals surface area contributed by atoms with Crippen LogP contribution in [0.5, 0.6) is 0 Å². The van der Waals surface area contributed by atoms with Crippen molar-refractivity contribution in [2.24, 2.45) is 0 Å². The van der Waals surface area contributed by atoms with Crippen LogP contribution in [0.1, 0.15) is 12.8 Å². The molecule has 0 aromatic rings. The highest BCUT2D eigenvalue weighted by Crippen LogP contribution is 2.18. The van der Waals surface area contributed by atoms with E-state index in [1.165, 1.54) is 0 Å². The van der Waals surface area contributed by atoms with Crippen molar-refractivity contribution in [1.29, 1.82) is 0 Å². The van der Waals surface area contributed by atoms with Crippen LogP contribution < -0.4 is 5.32 Å². The van der Waals surface area contributed by atoms with Gasteiger partial charge in [0.2, 0.25) is 0 Å². The highest BCUT2D eigenvalue weighted by molar-refractivity contribution is 4.71. The fourth-order valence-corrected chi connectivity index (χ4v) is 1.11. The summed E-state index contributed by atoms with van der Waals surface area (Å²) in [6, 6.07) is 0.118. The van der Waals surface area contributed by atoms with Gasteiger partial charge in [0, 0.05) is 19.2 Å². The Morgan fingerprint density at radius 2 is 2.17 bits per heavy atom. The van der Waals surface area contributed by atoms with Gasteiger partial charge in [-0.3, -0.25) is 0 Å². The van der Waals surface area contributed by atoms with Crippen molar-refractivity contribution in [1.82, 2.24) is 5.32 Å². The summed E-state index contributed by atoms with van der Waals surface area (Å²) in [6.07, 6.45) is -3.99. The molecule has 2 nitrogen and oxygen atoms in total. The van der Waals surface area contributed by atoms with Gasteiger partial charge >= 0.3 is 6.18 Å². The van der Waals surface area contributed by atoms with Gasteiger partial charge in [0.25, 0.3) is 0 Å². The Morgan fingerprint density at radius 1 is 1.42 bits per heavy atom. The second-order valence-corrected chi connectivity index (χ2v) is 2.88. The summed E-state index contributed by atoms with van der Waals surface area (Å²) in [5, 5.41) is 2.79. The van der Waals surface area contributed by atoms with Crippen LogP contribution in [0, 0.1) is 0 Å². The van der Waals surface area contributed by atoms with E-state index in [-0.39, 0.29) is 12.6 Å². The van der Waals surface area contributed by atoms with Gasteiger partial charge in [0.1, 0.15) is 0 Å². The molecule has 1 fully saturated rings. The number of hydrogen-bond donors (Lipinski definition) is 1. The van der Waals surface area contributed by atoms with E-state index in [1.807, 2.05) is 0 Å². The molecule has 1 heterocycles. The number of alkyl halides is 3. The summed E-state index contributed by atoms with van der Waals surface area (Å²) in [4.78, 5) is 0. The van der Waals surface area contributed by atoms with E-state index in [4.69, 9.17) is 4.74 Å². The van der Waals surface area contributed by atoms with Gasteiger partial charge in [0.15, 0.2) is 0 Å². The average Bonchev–Trinajstić information content (AvgIpc) is 2.36. The smallest absolute Gasteiger partial charge is 0.380 e. The van der Waals surface area contributed by atoms with Crippen molar-refractivity contribution < 1.29 is 17.9 Å². The van der Waals surface area contributed by atoms with Crippen molar-refractivity contribution in [2.45, 2.75) is 25.1 Å². The van der Waals surface area contributed by atoms with Crippen LogP contribution in [-0.4, -0.2) is 32.0 Å². The fraction of sp³-hybridized carbons (Fsp3) is 1.00. The van der Waals surface area contributed by atoms with Crippen molar-refractivity contribution in [3.8, 4) is 0 Å². The first kappa shape index (κ1) is 9.80. The lowest BCUT2D eigenvalue weighted by Crippen LogP contribution is -2.32. The second kappa shape index (κ2) is 4.09. The van der Waals surface area contributed by atoms with Gasteiger partial charge in [-0.25, -0.2) is 0 Å². The van der Waals surface area contributed by atoms with E-state index in [0.29, 0.717) is 13.2 Å². The monoisotopic (exact) mass is 183 g/mol. The molecule has 72 valence electrons. The maximum absolute atomic E-state index is 11.7. The van der Waals surface area contributed by atoms with E-state index >= 15 is 0 Å². The second-order valence-electron chi connectivity index (χ2n) is 2.88. The molecular formula is C7H12F3NO. The Bertz CT molecular complexity index is 131. The lowest BCUT2D eigenvalue weighted by molar-refractivity contribution is -0.133. The summed E-state index contributed by atoms with van der Waals surface area (Å²) in [5.74, 6) is 0. The molecule has 1 saturated heterocycles. The number of rotatable bonds is 3. The minimum Gasteiger partial charge on any atom is -0.380 e. The predicted molar refractivity (Wildman–Crippen MR) is 37.9 cm³/mol. The summed E-state index contributed by atoms with van der Waals surface area (Å²) in [5.41, 5.74) is 0. The third-order valence-electron chi connectivity index (χ3n) is 1.77. The normalized spacial score (nSPS) is 24.8. The van der Waals surface area contributed by atoms with Crippen LogP contribution in [0.3, 0.4) is 0 Å². The molecule has 1 aliphatic heterocycles. The van der Waals surface area contributed by atoms with Crippen LogP contribution >= 0.6 is 0 Å². The zero-order chi connectivity index (χ0) is 9.03. The van der Waals surface area contributed by atoms with Gasteiger partial charge < -0.3 is 10.1 Å². The topological polar surface area (TPSA) is 21.3 Å². The van der Waals surface area contributed by atoms with Gasteiger partial charge in [-0.15, -0.1) is 0 Å². The highest BCUT2D eigenvalue weighted by Gasteiger charge is 2.27. The Labute approximate surface area is 69.1 Å². The number of nitrogens with one attached hydrogen (secondary N) is 1. The number of ether oxygens (including phenoxy) is 1. The van der Waals surface area contributed by atoms with Crippen LogP contribution in [0.4, 0.5) is 13.2 Å². The third kappa shape index (κ3) is 3.92. The molecule has 0 bridgehead atoms. The standard InChI is InChI=1S/C7H12F3NO/c8-7(9,10)2-3-11-6-1-4-12-5-6/h6,11H,1-5H2. The molecule has 1 unspecified atom stereocenters. The molecule has 1 atom stereocenters. The summed E-state index contributed by atoms with van der Waals surface area (Å²) < 4.78 is 40.0. The molecule has 5 heteroatoms. The molecule has 0 aromatic heterocycles. The molecule has 0 spiro atoms. The number of halogens is 3. The third-order valence-corrected chi connectivity index (χ3v) is 1.77. The number of hydrogen-bond acceptors (Lipinski definition) is 2. The molecule has 0 saturated carbocycles. The average molecular weight is 183 g/mol. The van der Waals surface area contributed by atoms with E-state index < -0.39 is 12.6 Å². The quantitative estimate of drug-likeness (QED) is 0.712. The van der Waals surface area contributed by atoms with Gasteiger partial charge in [-0.2, -0.15) is 13.2 Å². The minimum atomic E-state index is -4.05. The molecule has 0 amide bonds. The van der Waals surface area contributed by atoms with Gasteiger partial charge in [-0.05, 0) is 6.42 Å². The highest BCUT2D eigenvalue weighted by atomic mass is 19.4. The Balaban J connectivity index is 2.02. The van der Waals surface area contributed by atoms with E-state index in [9.17, 15) is 13.2 Å². The first-order valence-electron chi connectivity index (χ1n) is 3.96. The van der Waals surface area contributed by atoms with Crippen molar-refractivity contribution >= 4 is 0 Å². The van der Waals surface area contributed by atoms with Crippen LogP contribution in [0.2, 0.25) is 0 Å². The first-order valence-corrected chi connectivity index (χ1v) is 3.96. The maximum Gasteiger partial charge on any atom is 0.390 e. The van der Waals surface area contributed by atoms with Gasteiger partial charge in [0.05, 0.1) is 13.0 Å². The summed E-state index contributed by atoms with van der Waals surface area (Å²) in [7, 11) is 0. The van der Waals surface area contributed by atoms with E-state index in [1.54, 1.807) is 0 Å². The summed E-state index contributed by atoms with van der Waals surface area (Å²) >= 11 is 0. The summed E-state index contributed by atoms with van der Waals surface area (Å²) in [6.45, 7) is 1.19. The SMILES string of the molecule is FC(F)(F)CCNC1CCOC1. The molecule has 0 aliphatic carbocycles. The fourth-order valence-electron chi connectivity index (χ4n) is 1.11. The van der Waals surface area contributed by atoms with Crippen molar-refractivity contribution in [3.05, 3.63) is 0 Å². The predicted octanol–water partition coefficient (Wildman–Crippen LogP) is 1.32. The lowest BCUT2D eigenvalue weighted by atomic mass is 10.2. The molecule has 0 aromatic carbocycles. The Morgan fingerprint density at radius 3 is 2.67 bits per heavy atom. The van der Waals surface area contributed by atoms with Crippen molar-refractivity contribution in [3.63, 3.8) is 0 Å². The lowest BCUT2D eigenvalue weighted by Gasteiger charge is -2.11. The van der Waals surface area contributed by atoms with E-state index in [2.05, 4.69) is 5.32 Å². The molecule has 1 aliphatic rings. The Hall–Kier alpha value is -0.290. The Kier molecular flexibility index (Phi) is 3.34. The first-order chi connectivity index (χ1) is 5.58. The zero-order valence-electron chi connectivity index (χ0n) is 6.66. The molecule has 1 rings (SSSR count). The van der Waals surface area contributed by atoms with Crippen molar-refractivity contribution in [2.75, 3.05) is 19.8 Å². The molecular weight excluding hydrogens is 171 g/mol. The molecule has 0 radical (unpaired) electrons. The molecule has 1 N–H and O–H groups in total. The van der Waals surface area contributed by atoms with Crippen LogP contribution in [-0.2, 0) is 4.74 Å². The van der Waals surface area contributed by atoms with Gasteiger partial charge in [-0.1, -0.05) is 0 Å². The van der Waals surface area contributed by atoms with E-state index in [0.717, 1.165) is 6.42 Å². The largest absolute Gasteiger partial charge is 0.390 e. The van der Waals surface area contributed by atoms with Crippen LogP contribution in [0.15, 0.2) is 0 Å².